The molecule has 5 heteroatoms. The molecule has 0 aliphatic rings. The summed E-state index contributed by atoms with van der Waals surface area (Å²) in [5, 5.41) is 0.988. The van der Waals surface area contributed by atoms with Crippen LogP contribution in [0.1, 0.15) is 49.3 Å². The Hall–Kier alpha value is -2.85. The molecule has 0 heterocycles. The van der Waals surface area contributed by atoms with Gasteiger partial charge in [-0.2, -0.15) is 0 Å². The molecule has 0 nitrogen and oxygen atoms in total. The zero-order valence-corrected chi connectivity index (χ0v) is 20.4. The monoisotopic (exact) mass is 498 g/mol. The van der Waals surface area contributed by atoms with Crippen LogP contribution in [-0.2, 0) is 19.3 Å². The second-order valence-electron chi connectivity index (χ2n) is 8.97. The minimum Gasteiger partial charge on any atom is -0.206 e. The zero-order valence-electron chi connectivity index (χ0n) is 19.6. The van der Waals surface area contributed by atoms with Gasteiger partial charge in [0.15, 0.2) is 0 Å². The van der Waals surface area contributed by atoms with E-state index in [1.807, 2.05) is 0 Å². The molecule has 0 aliphatic carbocycles. The van der Waals surface area contributed by atoms with Gasteiger partial charge < -0.3 is 0 Å². The number of hydrogen-bond acceptors (Lipinski definition) is 0. The van der Waals surface area contributed by atoms with Crippen molar-refractivity contribution in [2.75, 3.05) is 0 Å². The van der Waals surface area contributed by atoms with E-state index in [9.17, 15) is 13.2 Å². The molecule has 0 atom stereocenters. The van der Waals surface area contributed by atoms with Crippen molar-refractivity contribution in [1.29, 1.82) is 0 Å². The summed E-state index contributed by atoms with van der Waals surface area (Å²) in [4.78, 5) is 0. The van der Waals surface area contributed by atoms with Crippen LogP contribution in [0.4, 0.5) is 17.6 Å². The molecule has 0 radical (unpaired) electrons. The van der Waals surface area contributed by atoms with Gasteiger partial charge in [0.25, 0.3) is 0 Å². The average Bonchev–Trinajstić information content (AvgIpc) is 2.83. The van der Waals surface area contributed by atoms with Crippen LogP contribution in [0.3, 0.4) is 0 Å². The van der Waals surface area contributed by atoms with Gasteiger partial charge in [-0.15, -0.1) is 0 Å². The fraction of sp³-hybridized carbons (Fsp3) is 0.267. The highest BCUT2D eigenvalue weighted by Crippen LogP contribution is 2.32. The van der Waals surface area contributed by atoms with Crippen LogP contribution in [0, 0.1) is 23.3 Å². The fourth-order valence-electron chi connectivity index (χ4n) is 4.46. The van der Waals surface area contributed by atoms with Crippen molar-refractivity contribution in [2.45, 2.75) is 51.9 Å². The fourth-order valence-corrected chi connectivity index (χ4v) is 4.58. The van der Waals surface area contributed by atoms with Gasteiger partial charge in [0.05, 0.1) is 10.6 Å². The maximum Gasteiger partial charge on any atom is 0.142 e. The van der Waals surface area contributed by atoms with E-state index in [4.69, 9.17) is 11.6 Å². The predicted octanol–water partition coefficient (Wildman–Crippen LogP) is 9.62. The van der Waals surface area contributed by atoms with E-state index in [0.717, 1.165) is 31.2 Å². The van der Waals surface area contributed by atoms with Crippen molar-refractivity contribution >= 4 is 22.4 Å². The molecule has 0 spiro atoms. The molecule has 4 aromatic carbocycles. The second-order valence-corrected chi connectivity index (χ2v) is 9.38. The van der Waals surface area contributed by atoms with Crippen molar-refractivity contribution in [3.63, 3.8) is 0 Å². The Morgan fingerprint density at radius 2 is 1.40 bits per heavy atom. The number of fused-ring (bicyclic) bond motifs is 1. The largest absolute Gasteiger partial charge is 0.206 e. The highest BCUT2D eigenvalue weighted by molar-refractivity contribution is 6.30. The molecule has 0 N–H and O–H groups in total. The molecule has 0 unspecified atom stereocenters. The molecule has 0 fully saturated rings. The lowest BCUT2D eigenvalue weighted by Gasteiger charge is -2.11. The van der Waals surface area contributed by atoms with Crippen molar-refractivity contribution in [3.8, 4) is 11.1 Å². The third-order valence-electron chi connectivity index (χ3n) is 6.41. The van der Waals surface area contributed by atoms with E-state index < -0.39 is 17.5 Å². The quantitative estimate of drug-likeness (QED) is 0.159. The Morgan fingerprint density at radius 1 is 0.657 bits per heavy atom. The number of benzene rings is 4. The van der Waals surface area contributed by atoms with E-state index in [2.05, 4.69) is 6.92 Å². The molecular formula is C30H27ClF4. The lowest BCUT2D eigenvalue weighted by molar-refractivity contribution is 0.582. The van der Waals surface area contributed by atoms with E-state index in [0.29, 0.717) is 46.7 Å². The summed E-state index contributed by atoms with van der Waals surface area (Å²) < 4.78 is 58.6. The van der Waals surface area contributed by atoms with Crippen LogP contribution in [0.5, 0.6) is 0 Å². The van der Waals surface area contributed by atoms with Crippen LogP contribution in [-0.4, -0.2) is 0 Å². The molecule has 0 aliphatic heterocycles. The highest BCUT2D eigenvalue weighted by Gasteiger charge is 2.16. The van der Waals surface area contributed by atoms with Crippen LogP contribution in [0.25, 0.3) is 21.9 Å². The van der Waals surface area contributed by atoms with Gasteiger partial charge in [0, 0.05) is 5.39 Å². The van der Waals surface area contributed by atoms with Gasteiger partial charge in [0.1, 0.15) is 23.3 Å². The number of unbranched alkanes of at least 4 members (excludes halogenated alkanes) is 3. The maximum atomic E-state index is 15.2. The Labute approximate surface area is 208 Å². The van der Waals surface area contributed by atoms with E-state index in [1.165, 1.54) is 24.3 Å². The van der Waals surface area contributed by atoms with Gasteiger partial charge in [-0.25, -0.2) is 17.6 Å². The van der Waals surface area contributed by atoms with Crippen molar-refractivity contribution in [1.82, 2.24) is 0 Å². The highest BCUT2D eigenvalue weighted by atomic mass is 35.5. The first-order chi connectivity index (χ1) is 16.9. The second kappa shape index (κ2) is 11.3. The van der Waals surface area contributed by atoms with E-state index >= 15 is 4.39 Å². The van der Waals surface area contributed by atoms with Gasteiger partial charge >= 0.3 is 0 Å². The van der Waals surface area contributed by atoms with Crippen molar-refractivity contribution in [2.24, 2.45) is 0 Å². The molecule has 4 rings (SSSR count). The molecule has 0 bridgehead atoms. The summed E-state index contributed by atoms with van der Waals surface area (Å²) in [5.74, 6) is -2.10. The van der Waals surface area contributed by atoms with Gasteiger partial charge in [0.2, 0.25) is 0 Å². The minimum absolute atomic E-state index is 0.0518. The summed E-state index contributed by atoms with van der Waals surface area (Å²) in [6.45, 7) is 2.12. The van der Waals surface area contributed by atoms with E-state index in [1.54, 1.807) is 36.4 Å². The first kappa shape index (κ1) is 25.2. The molecule has 182 valence electrons. The SMILES string of the molecule is CCCCCCc1cc(F)c(-c2ccc3c(F)c(CCc4ccc(Cl)c(F)c4)ccc3c2)c(F)c1. The van der Waals surface area contributed by atoms with Gasteiger partial charge in [-0.3, -0.25) is 0 Å². The number of aryl methyl sites for hydroxylation is 3. The molecular weight excluding hydrogens is 472 g/mol. The smallest absolute Gasteiger partial charge is 0.142 e. The molecule has 0 saturated heterocycles. The van der Waals surface area contributed by atoms with Gasteiger partial charge in [-0.05, 0) is 83.7 Å². The minimum atomic E-state index is -0.609. The summed E-state index contributed by atoms with van der Waals surface area (Å²) in [6, 6.07) is 15.5. The van der Waals surface area contributed by atoms with Crippen LogP contribution in [0.15, 0.2) is 60.7 Å². The third-order valence-corrected chi connectivity index (χ3v) is 6.72. The van der Waals surface area contributed by atoms with Crippen LogP contribution in [0.2, 0.25) is 5.02 Å². The maximum absolute atomic E-state index is 15.2. The molecule has 35 heavy (non-hydrogen) atoms. The van der Waals surface area contributed by atoms with Crippen molar-refractivity contribution in [3.05, 3.63) is 106 Å². The summed E-state index contributed by atoms with van der Waals surface area (Å²) in [5.41, 5.74) is 2.14. The Kier molecular flexibility index (Phi) is 8.12. The third kappa shape index (κ3) is 5.87. The number of halogens is 5. The predicted molar refractivity (Wildman–Crippen MR) is 136 cm³/mol. The standard InChI is InChI=1S/C30H27ClF4/c1-2-3-4-5-6-20-16-27(33)29(28(34)17-20)23-12-13-24-22(18-23)11-10-21(30(24)35)9-7-19-8-14-25(31)26(32)15-19/h8,10-18H,2-7,9H2,1H3. The number of rotatable bonds is 9. The molecule has 4 aromatic rings. The Bertz CT molecular complexity index is 1320. The molecule has 0 aromatic heterocycles. The lowest BCUT2D eigenvalue weighted by Crippen LogP contribution is -1.98. The van der Waals surface area contributed by atoms with Crippen LogP contribution < -0.4 is 0 Å². The summed E-state index contributed by atoms with van der Waals surface area (Å²) >= 11 is 5.72. The lowest BCUT2D eigenvalue weighted by atomic mass is 9.95. The normalized spacial score (nSPS) is 11.4. The van der Waals surface area contributed by atoms with E-state index in [-0.39, 0.29) is 16.4 Å². The van der Waals surface area contributed by atoms with Gasteiger partial charge in [-0.1, -0.05) is 68.1 Å². The Balaban J connectivity index is 1.55. The average molecular weight is 499 g/mol. The topological polar surface area (TPSA) is 0 Å². The first-order valence-electron chi connectivity index (χ1n) is 12.0. The van der Waals surface area contributed by atoms with Crippen LogP contribution >= 0.6 is 11.6 Å². The Morgan fingerprint density at radius 3 is 2.11 bits per heavy atom. The zero-order chi connectivity index (χ0) is 24.9. The summed E-state index contributed by atoms with van der Waals surface area (Å²) in [6.07, 6.45) is 5.63. The first-order valence-corrected chi connectivity index (χ1v) is 12.4. The summed E-state index contributed by atoms with van der Waals surface area (Å²) in [7, 11) is 0. The number of hydrogen-bond donors (Lipinski definition) is 0. The molecule has 0 amide bonds. The van der Waals surface area contributed by atoms with Crippen molar-refractivity contribution < 1.29 is 17.6 Å². The molecule has 0 saturated carbocycles.